The minimum atomic E-state index is -0.0872. The third kappa shape index (κ3) is 3.61. The molecule has 5 N–H and O–H groups in total. The Kier molecular flexibility index (Phi) is 3.98. The maximum absolute atomic E-state index is 9.00. The van der Waals surface area contributed by atoms with Crippen molar-refractivity contribution in [3.63, 3.8) is 0 Å². The van der Waals surface area contributed by atoms with Crippen LogP contribution in [0.4, 0.5) is 0 Å². The topological polar surface area (TPSA) is 90.9 Å². The van der Waals surface area contributed by atoms with Crippen molar-refractivity contribution >= 4 is 5.84 Å². The lowest BCUT2D eigenvalue weighted by atomic mass is 9.82. The number of aliphatic hydroxyl groups is 1. The summed E-state index contributed by atoms with van der Waals surface area (Å²) >= 11 is 0. The summed E-state index contributed by atoms with van der Waals surface area (Å²) in [5.41, 5.74) is 5.28. The fraction of sp³-hybridized carbons (Fsp3) is 0.875. The number of amidine groups is 1. The molecule has 5 heteroatoms. The molecule has 13 heavy (non-hydrogen) atoms. The standard InChI is InChI=1S/C8H17N3O2/c9-8(11-13)1-2-10-5-6-3-7(12)4-6/h6-7,10,12-13H,1-5H2,(H2,9,11). The second-order valence-corrected chi connectivity index (χ2v) is 3.54. The number of aliphatic hydroxyl groups excluding tert-OH is 1. The second-order valence-electron chi connectivity index (χ2n) is 3.54. The largest absolute Gasteiger partial charge is 0.409 e. The van der Waals surface area contributed by atoms with Gasteiger partial charge in [-0.05, 0) is 25.3 Å². The molecule has 0 bridgehead atoms. The third-order valence-corrected chi connectivity index (χ3v) is 2.33. The predicted molar refractivity (Wildman–Crippen MR) is 49.6 cm³/mol. The first-order chi connectivity index (χ1) is 6.22. The van der Waals surface area contributed by atoms with E-state index in [1.54, 1.807) is 0 Å². The lowest BCUT2D eigenvalue weighted by Gasteiger charge is -2.31. The first-order valence-electron chi connectivity index (χ1n) is 4.57. The van der Waals surface area contributed by atoms with Crippen LogP contribution >= 0.6 is 0 Å². The van der Waals surface area contributed by atoms with Crippen molar-refractivity contribution in [2.24, 2.45) is 16.8 Å². The fourth-order valence-corrected chi connectivity index (χ4v) is 1.44. The van der Waals surface area contributed by atoms with E-state index in [-0.39, 0.29) is 11.9 Å². The van der Waals surface area contributed by atoms with Crippen molar-refractivity contribution in [3.8, 4) is 0 Å². The zero-order valence-electron chi connectivity index (χ0n) is 7.61. The molecule has 5 nitrogen and oxygen atoms in total. The van der Waals surface area contributed by atoms with Gasteiger partial charge in [-0.15, -0.1) is 0 Å². The second kappa shape index (κ2) is 5.04. The molecule has 0 atom stereocenters. The summed E-state index contributed by atoms with van der Waals surface area (Å²) in [6, 6.07) is 0. The highest BCUT2D eigenvalue weighted by Crippen LogP contribution is 2.25. The monoisotopic (exact) mass is 187 g/mol. The van der Waals surface area contributed by atoms with Crippen molar-refractivity contribution < 1.29 is 10.3 Å². The van der Waals surface area contributed by atoms with E-state index < -0.39 is 0 Å². The molecule has 0 unspecified atom stereocenters. The number of nitrogens with one attached hydrogen (secondary N) is 1. The molecule has 1 aliphatic rings. The average Bonchev–Trinajstić information content (AvgIpc) is 2.08. The Hall–Kier alpha value is -0.810. The van der Waals surface area contributed by atoms with Crippen molar-refractivity contribution in [2.45, 2.75) is 25.4 Å². The van der Waals surface area contributed by atoms with Gasteiger partial charge in [0.25, 0.3) is 0 Å². The van der Waals surface area contributed by atoms with Crippen LogP contribution in [0.3, 0.4) is 0 Å². The molecular weight excluding hydrogens is 170 g/mol. The molecule has 1 fully saturated rings. The van der Waals surface area contributed by atoms with E-state index in [0.717, 1.165) is 25.9 Å². The number of hydrogen-bond acceptors (Lipinski definition) is 4. The molecule has 1 aliphatic carbocycles. The van der Waals surface area contributed by atoms with Crippen LogP contribution in [0, 0.1) is 5.92 Å². The van der Waals surface area contributed by atoms with Gasteiger partial charge in [0.2, 0.25) is 0 Å². The van der Waals surface area contributed by atoms with E-state index in [2.05, 4.69) is 10.5 Å². The Labute approximate surface area is 77.6 Å². The number of hydrogen-bond donors (Lipinski definition) is 4. The lowest BCUT2D eigenvalue weighted by Crippen LogP contribution is -2.37. The minimum absolute atomic E-state index is 0.0872. The molecule has 0 radical (unpaired) electrons. The molecule has 1 rings (SSSR count). The van der Waals surface area contributed by atoms with Crippen LogP contribution in [-0.2, 0) is 0 Å². The van der Waals surface area contributed by atoms with Crippen molar-refractivity contribution in [1.82, 2.24) is 5.32 Å². The summed E-state index contributed by atoms with van der Waals surface area (Å²) in [6.07, 6.45) is 2.27. The SMILES string of the molecule is NC(CCNCC1CC(O)C1)=NO. The van der Waals surface area contributed by atoms with E-state index in [1.807, 2.05) is 0 Å². The molecule has 0 aliphatic heterocycles. The highest BCUT2D eigenvalue weighted by atomic mass is 16.4. The summed E-state index contributed by atoms with van der Waals surface area (Å²) in [5.74, 6) is 0.850. The Bertz CT molecular complexity index is 178. The highest BCUT2D eigenvalue weighted by Gasteiger charge is 2.26. The highest BCUT2D eigenvalue weighted by molar-refractivity contribution is 5.79. The van der Waals surface area contributed by atoms with Crippen LogP contribution in [0.25, 0.3) is 0 Å². The number of rotatable bonds is 5. The molecular formula is C8H17N3O2. The normalized spacial score (nSPS) is 28.5. The smallest absolute Gasteiger partial charge is 0.140 e. The summed E-state index contributed by atoms with van der Waals surface area (Å²) in [4.78, 5) is 0. The molecule has 0 spiro atoms. The minimum Gasteiger partial charge on any atom is -0.409 e. The predicted octanol–water partition coefficient (Wildman–Crippen LogP) is -0.517. The van der Waals surface area contributed by atoms with Gasteiger partial charge in [0.05, 0.1) is 6.10 Å². The molecule has 0 aromatic heterocycles. The van der Waals surface area contributed by atoms with E-state index in [9.17, 15) is 0 Å². The van der Waals surface area contributed by atoms with Crippen LogP contribution in [0.5, 0.6) is 0 Å². The van der Waals surface area contributed by atoms with Crippen molar-refractivity contribution in [3.05, 3.63) is 0 Å². The third-order valence-electron chi connectivity index (χ3n) is 2.33. The van der Waals surface area contributed by atoms with E-state index in [4.69, 9.17) is 16.0 Å². The van der Waals surface area contributed by atoms with Gasteiger partial charge >= 0.3 is 0 Å². The summed E-state index contributed by atoms with van der Waals surface area (Å²) < 4.78 is 0. The Morgan fingerprint density at radius 3 is 2.77 bits per heavy atom. The first kappa shape index (κ1) is 10.3. The lowest BCUT2D eigenvalue weighted by molar-refractivity contribution is 0.0432. The van der Waals surface area contributed by atoms with Gasteiger partial charge in [0, 0.05) is 13.0 Å². The molecule has 0 aromatic carbocycles. The van der Waals surface area contributed by atoms with E-state index in [1.165, 1.54) is 0 Å². The van der Waals surface area contributed by atoms with Crippen LogP contribution < -0.4 is 11.1 Å². The van der Waals surface area contributed by atoms with Gasteiger partial charge < -0.3 is 21.4 Å². The van der Waals surface area contributed by atoms with Crippen LogP contribution in [0.1, 0.15) is 19.3 Å². The van der Waals surface area contributed by atoms with E-state index in [0.29, 0.717) is 12.3 Å². The van der Waals surface area contributed by atoms with Crippen LogP contribution in [0.15, 0.2) is 5.16 Å². The van der Waals surface area contributed by atoms with Crippen molar-refractivity contribution in [2.75, 3.05) is 13.1 Å². The number of oxime groups is 1. The molecule has 0 aromatic rings. The maximum atomic E-state index is 9.00. The van der Waals surface area contributed by atoms with Gasteiger partial charge in [0.15, 0.2) is 0 Å². The van der Waals surface area contributed by atoms with Gasteiger partial charge in [-0.2, -0.15) is 0 Å². The molecule has 76 valence electrons. The molecule has 1 saturated carbocycles. The first-order valence-corrected chi connectivity index (χ1v) is 4.57. The Morgan fingerprint density at radius 2 is 2.23 bits per heavy atom. The zero-order valence-corrected chi connectivity index (χ0v) is 7.61. The van der Waals surface area contributed by atoms with Crippen molar-refractivity contribution in [1.29, 1.82) is 0 Å². The summed E-state index contributed by atoms with van der Waals surface area (Å²) in [6.45, 7) is 1.64. The Morgan fingerprint density at radius 1 is 1.54 bits per heavy atom. The van der Waals surface area contributed by atoms with Crippen LogP contribution in [0.2, 0.25) is 0 Å². The fourth-order valence-electron chi connectivity index (χ4n) is 1.44. The maximum Gasteiger partial charge on any atom is 0.140 e. The van der Waals surface area contributed by atoms with Gasteiger partial charge in [0.1, 0.15) is 5.84 Å². The van der Waals surface area contributed by atoms with Gasteiger partial charge in [-0.25, -0.2) is 0 Å². The summed E-state index contributed by atoms with van der Waals surface area (Å²) in [5, 5.41) is 23.3. The van der Waals surface area contributed by atoms with E-state index >= 15 is 0 Å². The van der Waals surface area contributed by atoms with Gasteiger partial charge in [-0.1, -0.05) is 5.16 Å². The average molecular weight is 187 g/mol. The number of nitrogens with zero attached hydrogens (tertiary/aromatic N) is 1. The molecule has 0 heterocycles. The Balaban J connectivity index is 1.90. The summed E-state index contributed by atoms with van der Waals surface area (Å²) in [7, 11) is 0. The van der Waals surface area contributed by atoms with Crippen LogP contribution in [-0.4, -0.2) is 35.3 Å². The molecule has 0 amide bonds. The quantitative estimate of drug-likeness (QED) is 0.153. The van der Waals surface area contributed by atoms with Gasteiger partial charge in [-0.3, -0.25) is 0 Å². The number of nitrogens with two attached hydrogens (primary N) is 1. The molecule has 0 saturated heterocycles. The zero-order chi connectivity index (χ0) is 9.68.